The first-order valence-corrected chi connectivity index (χ1v) is 7.40. The van der Waals surface area contributed by atoms with Gasteiger partial charge in [-0.25, -0.2) is 18.1 Å². The van der Waals surface area contributed by atoms with Crippen molar-refractivity contribution in [2.45, 2.75) is 36.6 Å². The third-order valence-electron chi connectivity index (χ3n) is 3.03. The zero-order valence-corrected chi connectivity index (χ0v) is 11.0. The van der Waals surface area contributed by atoms with Gasteiger partial charge in [-0.05, 0) is 25.0 Å². The van der Waals surface area contributed by atoms with Gasteiger partial charge in [-0.15, -0.1) is 0 Å². The molecule has 0 bridgehead atoms. The van der Waals surface area contributed by atoms with Crippen molar-refractivity contribution < 1.29 is 13.2 Å². The van der Waals surface area contributed by atoms with E-state index in [1.807, 2.05) is 6.07 Å². The molecule has 1 saturated carbocycles. The van der Waals surface area contributed by atoms with Crippen LogP contribution in [0.2, 0.25) is 0 Å². The van der Waals surface area contributed by atoms with E-state index < -0.39 is 10.0 Å². The predicted octanol–water partition coefficient (Wildman–Crippen LogP) is 0.743. The van der Waals surface area contributed by atoms with Crippen LogP contribution in [0.1, 0.15) is 31.4 Å². The van der Waals surface area contributed by atoms with E-state index in [1.165, 1.54) is 12.1 Å². The number of hydrogen-bond donors (Lipinski definition) is 1. The van der Waals surface area contributed by atoms with Crippen molar-refractivity contribution in [2.24, 2.45) is 0 Å². The van der Waals surface area contributed by atoms with E-state index in [1.54, 1.807) is 0 Å². The zero-order chi connectivity index (χ0) is 13.9. The Balaban J connectivity index is 2.09. The summed E-state index contributed by atoms with van der Waals surface area (Å²) in [5.74, 6) is 0.176. The molecule has 1 aromatic heterocycles. The molecule has 0 atom stereocenters. The number of carbonyl (C=O) groups excluding carboxylic acids is 1. The molecular formula is C12H13N3O3S. The molecular weight excluding hydrogens is 266 g/mol. The quantitative estimate of drug-likeness (QED) is 0.879. The summed E-state index contributed by atoms with van der Waals surface area (Å²) in [5.41, 5.74) is 0.169. The molecule has 1 heterocycles. The second-order valence-corrected chi connectivity index (χ2v) is 6.14. The fourth-order valence-corrected chi connectivity index (χ4v) is 3.20. The Morgan fingerprint density at radius 1 is 1.32 bits per heavy atom. The largest absolute Gasteiger partial charge is 0.300 e. The van der Waals surface area contributed by atoms with Crippen LogP contribution in [-0.2, 0) is 14.8 Å². The summed E-state index contributed by atoms with van der Waals surface area (Å²) in [7, 11) is -3.64. The standard InChI is InChI=1S/C12H13N3O3S/c13-7-10-3-6-12(8-14-10)19(17,18)15-9-1-4-11(16)5-2-9/h3,6,8-9,15H,1-2,4-5H2. The van der Waals surface area contributed by atoms with Gasteiger partial charge in [-0.1, -0.05) is 0 Å². The SMILES string of the molecule is N#Cc1ccc(S(=O)(=O)NC2CCC(=O)CC2)cn1. The van der Waals surface area contributed by atoms with Crippen molar-refractivity contribution in [2.75, 3.05) is 0 Å². The highest BCUT2D eigenvalue weighted by molar-refractivity contribution is 7.89. The number of nitrogens with zero attached hydrogens (tertiary/aromatic N) is 2. The molecule has 0 amide bonds. The summed E-state index contributed by atoms with van der Waals surface area (Å²) in [6.45, 7) is 0. The summed E-state index contributed by atoms with van der Waals surface area (Å²) < 4.78 is 26.7. The molecule has 7 heteroatoms. The van der Waals surface area contributed by atoms with Gasteiger partial charge in [0.25, 0.3) is 0 Å². The van der Waals surface area contributed by atoms with E-state index in [4.69, 9.17) is 5.26 Å². The number of sulfonamides is 1. The van der Waals surface area contributed by atoms with Gasteiger partial charge in [-0.2, -0.15) is 5.26 Å². The molecule has 1 aliphatic carbocycles. The lowest BCUT2D eigenvalue weighted by Crippen LogP contribution is -2.37. The average Bonchev–Trinajstić information content (AvgIpc) is 2.41. The van der Waals surface area contributed by atoms with Crippen LogP contribution < -0.4 is 4.72 Å². The smallest absolute Gasteiger partial charge is 0.242 e. The maximum Gasteiger partial charge on any atom is 0.242 e. The number of nitriles is 1. The monoisotopic (exact) mass is 279 g/mol. The third-order valence-corrected chi connectivity index (χ3v) is 4.53. The average molecular weight is 279 g/mol. The van der Waals surface area contributed by atoms with Crippen LogP contribution in [0.4, 0.5) is 0 Å². The maximum absolute atomic E-state index is 12.1. The van der Waals surface area contributed by atoms with Crippen molar-refractivity contribution in [3.8, 4) is 6.07 Å². The molecule has 0 saturated heterocycles. The highest BCUT2D eigenvalue weighted by Gasteiger charge is 2.24. The Morgan fingerprint density at radius 2 is 2.00 bits per heavy atom. The molecule has 1 aliphatic rings. The second-order valence-electron chi connectivity index (χ2n) is 4.43. The van der Waals surface area contributed by atoms with Crippen molar-refractivity contribution in [3.63, 3.8) is 0 Å². The van der Waals surface area contributed by atoms with Crippen LogP contribution in [0.3, 0.4) is 0 Å². The number of pyridine rings is 1. The van der Waals surface area contributed by atoms with E-state index in [0.29, 0.717) is 25.7 Å². The van der Waals surface area contributed by atoms with Crippen LogP contribution in [0.15, 0.2) is 23.2 Å². The van der Waals surface area contributed by atoms with E-state index >= 15 is 0 Å². The van der Waals surface area contributed by atoms with Crippen LogP contribution in [0, 0.1) is 11.3 Å². The number of rotatable bonds is 3. The van der Waals surface area contributed by atoms with Gasteiger partial charge in [0.15, 0.2) is 0 Å². The molecule has 0 unspecified atom stereocenters. The zero-order valence-electron chi connectivity index (χ0n) is 10.2. The molecule has 6 nitrogen and oxygen atoms in total. The van der Waals surface area contributed by atoms with Gasteiger partial charge in [0, 0.05) is 25.1 Å². The molecule has 100 valence electrons. The van der Waals surface area contributed by atoms with Crippen LogP contribution in [0.5, 0.6) is 0 Å². The number of carbonyl (C=O) groups is 1. The summed E-state index contributed by atoms with van der Waals surface area (Å²) in [6, 6.07) is 4.33. The van der Waals surface area contributed by atoms with Crippen molar-refractivity contribution in [1.82, 2.24) is 9.71 Å². The molecule has 1 fully saturated rings. The topological polar surface area (TPSA) is 99.9 Å². The maximum atomic E-state index is 12.1. The van der Waals surface area contributed by atoms with E-state index in [-0.39, 0.29) is 22.4 Å². The van der Waals surface area contributed by atoms with Gasteiger partial charge in [-0.3, -0.25) is 4.79 Å². The number of hydrogen-bond acceptors (Lipinski definition) is 5. The van der Waals surface area contributed by atoms with E-state index in [2.05, 4.69) is 9.71 Å². The lowest BCUT2D eigenvalue weighted by molar-refractivity contribution is -0.120. The van der Waals surface area contributed by atoms with Crippen molar-refractivity contribution >= 4 is 15.8 Å². The van der Waals surface area contributed by atoms with Crippen LogP contribution >= 0.6 is 0 Å². The normalized spacial score (nSPS) is 17.1. The van der Waals surface area contributed by atoms with Gasteiger partial charge in [0.1, 0.15) is 22.4 Å². The second kappa shape index (κ2) is 5.47. The first-order chi connectivity index (χ1) is 9.01. The first-order valence-electron chi connectivity index (χ1n) is 5.91. The van der Waals surface area contributed by atoms with E-state index in [9.17, 15) is 13.2 Å². The number of nitrogens with one attached hydrogen (secondary N) is 1. The number of ketones is 1. The highest BCUT2D eigenvalue weighted by Crippen LogP contribution is 2.17. The minimum atomic E-state index is -3.64. The summed E-state index contributed by atoms with van der Waals surface area (Å²) >= 11 is 0. The Labute approximate surface area is 111 Å². The van der Waals surface area contributed by atoms with Crippen molar-refractivity contribution in [1.29, 1.82) is 5.26 Å². The first kappa shape index (κ1) is 13.6. The minimum absolute atomic E-state index is 0.0309. The van der Waals surface area contributed by atoms with Crippen LogP contribution in [-0.4, -0.2) is 25.2 Å². The summed E-state index contributed by atoms with van der Waals surface area (Å²) in [6.07, 6.45) is 3.05. The minimum Gasteiger partial charge on any atom is -0.300 e. The van der Waals surface area contributed by atoms with Crippen LogP contribution in [0.25, 0.3) is 0 Å². The Morgan fingerprint density at radius 3 is 2.53 bits per heavy atom. The molecule has 2 rings (SSSR count). The van der Waals surface area contributed by atoms with Crippen molar-refractivity contribution in [3.05, 3.63) is 24.0 Å². The molecule has 1 N–H and O–H groups in total. The van der Waals surface area contributed by atoms with Gasteiger partial charge < -0.3 is 0 Å². The van der Waals surface area contributed by atoms with Gasteiger partial charge in [0.2, 0.25) is 10.0 Å². The number of aromatic nitrogens is 1. The molecule has 0 aliphatic heterocycles. The van der Waals surface area contributed by atoms with Gasteiger partial charge in [0.05, 0.1) is 0 Å². The lowest BCUT2D eigenvalue weighted by Gasteiger charge is -2.21. The highest BCUT2D eigenvalue weighted by atomic mass is 32.2. The predicted molar refractivity (Wildman–Crippen MR) is 66.5 cm³/mol. The molecule has 1 aromatic rings. The fraction of sp³-hybridized carbons (Fsp3) is 0.417. The summed E-state index contributed by atoms with van der Waals surface area (Å²) in [5, 5.41) is 8.61. The summed E-state index contributed by atoms with van der Waals surface area (Å²) in [4.78, 5) is 14.9. The Kier molecular flexibility index (Phi) is 3.93. The van der Waals surface area contributed by atoms with E-state index in [0.717, 1.165) is 6.20 Å². The third kappa shape index (κ3) is 3.36. The Hall–Kier alpha value is -1.78. The molecule has 0 spiro atoms. The molecule has 0 aromatic carbocycles. The Bertz CT molecular complexity index is 607. The lowest BCUT2D eigenvalue weighted by atomic mass is 9.95. The number of Topliss-reactive ketones (excluding diaryl/α,β-unsaturated/α-hetero) is 1. The molecule has 0 radical (unpaired) electrons. The fourth-order valence-electron chi connectivity index (χ4n) is 1.95. The molecule has 19 heavy (non-hydrogen) atoms. The van der Waals surface area contributed by atoms with Gasteiger partial charge >= 0.3 is 0 Å².